The van der Waals surface area contributed by atoms with Gasteiger partial charge in [0, 0.05) is 48.5 Å². The van der Waals surface area contributed by atoms with Crippen LogP contribution in [0.25, 0.3) is 21.9 Å². The summed E-state index contributed by atoms with van der Waals surface area (Å²) in [5.74, 6) is 0.940. The number of halogens is 1. The summed E-state index contributed by atoms with van der Waals surface area (Å²) in [4.78, 5) is 17.0. The number of fused-ring (bicyclic) bond motifs is 3. The third-order valence-corrected chi connectivity index (χ3v) is 5.47. The smallest absolute Gasteiger partial charge is 0.143 e. The Morgan fingerprint density at radius 3 is 3.15 bits per heavy atom. The van der Waals surface area contributed by atoms with Crippen LogP contribution >= 0.6 is 11.6 Å². The molecule has 2 aromatic heterocycles. The lowest BCUT2D eigenvalue weighted by Gasteiger charge is -2.38. The lowest BCUT2D eigenvalue weighted by molar-refractivity contribution is 0.210. The standard InChI is InChI=1S/C19H21ClN6/c1-25(14-4-2-8-26(11-14)9-3-7-21)19-17-15-6-5-13(20)10-16(15)24-18(17)22-12-23-19/h5-6,10,12,14H,2-4,8-9,11H2,1H3,(H,22,23,24)/t14-/m0/s1. The van der Waals surface area contributed by atoms with E-state index in [2.05, 4.69) is 37.9 Å². The van der Waals surface area contributed by atoms with E-state index in [1.165, 1.54) is 0 Å². The first-order valence-electron chi connectivity index (χ1n) is 8.91. The first-order valence-corrected chi connectivity index (χ1v) is 9.29. The molecule has 1 saturated heterocycles. The molecular weight excluding hydrogens is 348 g/mol. The zero-order valence-corrected chi connectivity index (χ0v) is 15.5. The summed E-state index contributed by atoms with van der Waals surface area (Å²) < 4.78 is 0. The van der Waals surface area contributed by atoms with Gasteiger partial charge in [0.05, 0.1) is 11.5 Å². The van der Waals surface area contributed by atoms with Gasteiger partial charge in [-0.25, -0.2) is 9.97 Å². The van der Waals surface area contributed by atoms with Gasteiger partial charge in [0.25, 0.3) is 0 Å². The van der Waals surface area contributed by atoms with Crippen molar-refractivity contribution < 1.29 is 0 Å². The molecule has 26 heavy (non-hydrogen) atoms. The molecular formula is C19H21ClN6. The van der Waals surface area contributed by atoms with Gasteiger partial charge in [0.2, 0.25) is 0 Å². The molecule has 3 heterocycles. The Bertz CT molecular complexity index is 975. The molecule has 1 fully saturated rings. The van der Waals surface area contributed by atoms with E-state index in [0.717, 1.165) is 60.2 Å². The first kappa shape index (κ1) is 17.1. The number of nitriles is 1. The van der Waals surface area contributed by atoms with E-state index in [4.69, 9.17) is 16.9 Å². The average molecular weight is 369 g/mol. The van der Waals surface area contributed by atoms with Crippen LogP contribution in [0.1, 0.15) is 19.3 Å². The summed E-state index contributed by atoms with van der Waals surface area (Å²) in [6.45, 7) is 2.86. The molecule has 0 radical (unpaired) electrons. The van der Waals surface area contributed by atoms with E-state index >= 15 is 0 Å². The van der Waals surface area contributed by atoms with Crippen LogP contribution in [0.4, 0.5) is 5.82 Å². The number of likely N-dealkylation sites (tertiary alicyclic amines) is 1. The van der Waals surface area contributed by atoms with E-state index in [1.54, 1.807) is 6.33 Å². The number of hydrogen-bond donors (Lipinski definition) is 1. The van der Waals surface area contributed by atoms with Gasteiger partial charge >= 0.3 is 0 Å². The number of hydrogen-bond acceptors (Lipinski definition) is 5. The summed E-state index contributed by atoms with van der Waals surface area (Å²) in [6, 6.07) is 8.47. The zero-order chi connectivity index (χ0) is 18.1. The molecule has 0 spiro atoms. The van der Waals surface area contributed by atoms with Gasteiger partial charge in [0.15, 0.2) is 0 Å². The van der Waals surface area contributed by atoms with Gasteiger partial charge < -0.3 is 14.8 Å². The molecule has 3 aromatic rings. The summed E-state index contributed by atoms with van der Waals surface area (Å²) in [7, 11) is 2.11. The molecule has 1 aliphatic heterocycles. The van der Waals surface area contributed by atoms with Gasteiger partial charge in [-0.2, -0.15) is 5.26 Å². The average Bonchev–Trinajstić information content (AvgIpc) is 3.03. The van der Waals surface area contributed by atoms with Crippen LogP contribution in [-0.2, 0) is 0 Å². The van der Waals surface area contributed by atoms with E-state index in [1.807, 2.05) is 18.2 Å². The van der Waals surface area contributed by atoms with Crippen molar-refractivity contribution in [2.24, 2.45) is 0 Å². The van der Waals surface area contributed by atoms with Crippen LogP contribution in [0.5, 0.6) is 0 Å². The summed E-state index contributed by atoms with van der Waals surface area (Å²) in [6.07, 6.45) is 4.45. The molecule has 0 saturated carbocycles. The Morgan fingerprint density at radius 2 is 2.31 bits per heavy atom. The highest BCUT2D eigenvalue weighted by Crippen LogP contribution is 2.33. The lowest BCUT2D eigenvalue weighted by Crippen LogP contribution is -2.47. The third-order valence-electron chi connectivity index (χ3n) is 5.23. The maximum absolute atomic E-state index is 8.85. The number of nitrogens with one attached hydrogen (secondary N) is 1. The predicted molar refractivity (Wildman–Crippen MR) is 104 cm³/mol. The molecule has 0 unspecified atom stereocenters. The van der Waals surface area contributed by atoms with Crippen LogP contribution in [0, 0.1) is 11.3 Å². The highest BCUT2D eigenvalue weighted by Gasteiger charge is 2.25. The SMILES string of the molecule is CN(c1ncnc2[nH]c3cc(Cl)ccc3c12)[C@H]1CCCN(CCC#N)C1. The van der Waals surface area contributed by atoms with Gasteiger partial charge in [-0.15, -0.1) is 0 Å². The Balaban J connectivity index is 1.69. The first-order chi connectivity index (χ1) is 12.7. The largest absolute Gasteiger partial charge is 0.355 e. The van der Waals surface area contributed by atoms with E-state index in [-0.39, 0.29) is 0 Å². The van der Waals surface area contributed by atoms with Crippen molar-refractivity contribution in [3.63, 3.8) is 0 Å². The van der Waals surface area contributed by atoms with Crippen molar-refractivity contribution in [1.82, 2.24) is 19.9 Å². The number of H-pyrrole nitrogens is 1. The number of aromatic nitrogens is 3. The van der Waals surface area contributed by atoms with E-state index < -0.39 is 0 Å². The minimum Gasteiger partial charge on any atom is -0.355 e. The maximum Gasteiger partial charge on any atom is 0.143 e. The highest BCUT2D eigenvalue weighted by molar-refractivity contribution is 6.31. The topological polar surface area (TPSA) is 71.8 Å². The van der Waals surface area contributed by atoms with Crippen molar-refractivity contribution in [1.29, 1.82) is 5.26 Å². The number of benzene rings is 1. The Labute approximate surface area is 157 Å². The van der Waals surface area contributed by atoms with Gasteiger partial charge in [0.1, 0.15) is 17.8 Å². The normalized spacial score (nSPS) is 18.3. The number of likely N-dealkylation sites (N-methyl/N-ethyl adjacent to an activating group) is 1. The second-order valence-corrected chi connectivity index (χ2v) is 7.29. The van der Waals surface area contributed by atoms with Crippen molar-refractivity contribution in [2.45, 2.75) is 25.3 Å². The molecule has 0 bridgehead atoms. The Hall–Kier alpha value is -2.36. The van der Waals surface area contributed by atoms with Gasteiger partial charge in [-0.3, -0.25) is 0 Å². The van der Waals surface area contributed by atoms with Gasteiger partial charge in [-0.1, -0.05) is 17.7 Å². The summed E-state index contributed by atoms with van der Waals surface area (Å²) >= 11 is 6.13. The van der Waals surface area contributed by atoms with Crippen LogP contribution in [0.15, 0.2) is 24.5 Å². The molecule has 1 atom stereocenters. The molecule has 7 heteroatoms. The lowest BCUT2D eigenvalue weighted by atomic mass is 10.0. The van der Waals surface area contributed by atoms with E-state index in [0.29, 0.717) is 17.5 Å². The third kappa shape index (κ3) is 3.09. The van der Waals surface area contributed by atoms with Crippen molar-refractivity contribution in [3.8, 4) is 6.07 Å². The van der Waals surface area contributed by atoms with Crippen molar-refractivity contribution in [3.05, 3.63) is 29.5 Å². The molecule has 1 aliphatic rings. The molecule has 0 aliphatic carbocycles. The fourth-order valence-electron chi connectivity index (χ4n) is 3.88. The Morgan fingerprint density at radius 1 is 1.42 bits per heavy atom. The number of piperidine rings is 1. The fraction of sp³-hybridized carbons (Fsp3) is 0.421. The van der Waals surface area contributed by atoms with Crippen LogP contribution < -0.4 is 4.90 Å². The van der Waals surface area contributed by atoms with Crippen LogP contribution in [0.2, 0.25) is 5.02 Å². The van der Waals surface area contributed by atoms with Crippen molar-refractivity contribution in [2.75, 3.05) is 31.6 Å². The zero-order valence-electron chi connectivity index (χ0n) is 14.7. The number of aromatic amines is 1. The second kappa shape index (κ2) is 7.10. The molecule has 0 amide bonds. The van der Waals surface area contributed by atoms with Crippen LogP contribution in [0.3, 0.4) is 0 Å². The number of nitrogens with zero attached hydrogens (tertiary/aromatic N) is 5. The molecule has 6 nitrogen and oxygen atoms in total. The summed E-state index contributed by atoms with van der Waals surface area (Å²) in [5.41, 5.74) is 1.80. The molecule has 1 N–H and O–H groups in total. The number of anilines is 1. The summed E-state index contributed by atoms with van der Waals surface area (Å²) in [5, 5.41) is 11.7. The monoisotopic (exact) mass is 368 g/mol. The quantitative estimate of drug-likeness (QED) is 0.762. The molecule has 4 rings (SSSR count). The van der Waals surface area contributed by atoms with Crippen molar-refractivity contribution >= 4 is 39.4 Å². The maximum atomic E-state index is 8.85. The number of rotatable bonds is 4. The molecule has 1 aromatic carbocycles. The van der Waals surface area contributed by atoms with E-state index in [9.17, 15) is 0 Å². The minimum absolute atomic E-state index is 0.373. The Kier molecular flexibility index (Phi) is 4.66. The van der Waals surface area contributed by atoms with Crippen LogP contribution in [-0.4, -0.2) is 52.6 Å². The molecule has 134 valence electrons. The minimum atomic E-state index is 0.373. The predicted octanol–water partition coefficient (Wildman–Crippen LogP) is 3.58. The van der Waals surface area contributed by atoms with Gasteiger partial charge in [-0.05, 0) is 31.5 Å². The highest BCUT2D eigenvalue weighted by atomic mass is 35.5. The fourth-order valence-corrected chi connectivity index (χ4v) is 4.06. The second-order valence-electron chi connectivity index (χ2n) is 6.85.